The molecular formula is C3H6FN3O3. The molecule has 10 heavy (non-hydrogen) atoms. The van der Waals surface area contributed by atoms with Crippen LogP contribution in [0.3, 0.4) is 0 Å². The molecule has 0 aromatic carbocycles. The Morgan fingerprint density at radius 1 is 1.50 bits per heavy atom. The molecule has 0 saturated carbocycles. The maximum absolute atomic E-state index is 11.2. The first kappa shape index (κ1) is 8.73. The Kier molecular flexibility index (Phi) is 2.22. The second kappa shape index (κ2) is 2.54. The number of halogens is 1. The lowest BCUT2D eigenvalue weighted by Gasteiger charge is -2.09. The van der Waals surface area contributed by atoms with E-state index in [9.17, 15) is 19.8 Å². The lowest BCUT2D eigenvalue weighted by Crippen LogP contribution is -2.39. The molecule has 0 N–H and O–H groups in total. The molecule has 0 aliphatic rings. The van der Waals surface area contributed by atoms with Gasteiger partial charge in [0.25, 0.3) is 0 Å². The fourth-order valence-corrected chi connectivity index (χ4v) is 0.162. The molecule has 0 unspecified atom stereocenters. The van der Waals surface area contributed by atoms with E-state index in [1.165, 1.54) is 0 Å². The van der Waals surface area contributed by atoms with Crippen molar-refractivity contribution in [3.63, 3.8) is 0 Å². The van der Waals surface area contributed by atoms with Gasteiger partial charge in [-0.25, -0.2) is 0 Å². The molecule has 0 bridgehead atoms. The van der Waals surface area contributed by atoms with Crippen molar-refractivity contribution in [3.8, 4) is 0 Å². The van der Waals surface area contributed by atoms with E-state index in [1.807, 2.05) is 0 Å². The molecule has 0 atom stereocenters. The van der Waals surface area contributed by atoms with Gasteiger partial charge in [-0.3, -0.25) is 10.1 Å². The first-order chi connectivity index (χ1) is 4.42. The minimum absolute atomic E-state index is 0.604. The third-order valence-electron chi connectivity index (χ3n) is 0.984. The molecule has 6 nitrogen and oxygen atoms in total. The van der Waals surface area contributed by atoms with Crippen LogP contribution < -0.4 is 0 Å². The topological polar surface area (TPSA) is 81.6 Å². The summed E-state index contributed by atoms with van der Waals surface area (Å²) in [4.78, 5) is 8.43. The van der Waals surface area contributed by atoms with Crippen molar-refractivity contribution in [1.29, 1.82) is 0 Å². The fraction of sp³-hybridized carbons (Fsp3) is 1.00. The van der Waals surface area contributed by atoms with E-state index in [0.717, 1.165) is 13.8 Å². The van der Waals surface area contributed by atoms with Gasteiger partial charge in [0.15, 0.2) is 5.34 Å². The minimum Gasteiger partial charge on any atom is -0.592 e. The average Bonchev–Trinajstić information content (AvgIpc) is 1.86. The van der Waals surface area contributed by atoms with Crippen LogP contribution in [-0.4, -0.2) is 15.4 Å². The molecule has 0 aliphatic heterocycles. The smallest absolute Gasteiger partial charge is 0.435 e. The molecule has 58 valence electrons. The number of hydroxylamine groups is 1. The second-order valence-electron chi connectivity index (χ2n) is 2.10. The van der Waals surface area contributed by atoms with Gasteiger partial charge in [-0.1, -0.05) is 0 Å². The molecule has 0 fully saturated rings. The third-order valence-corrected chi connectivity index (χ3v) is 0.984. The van der Waals surface area contributed by atoms with Crippen molar-refractivity contribution in [3.05, 3.63) is 15.3 Å². The lowest BCUT2D eigenvalue weighted by molar-refractivity contribution is -0.811. The molecular weight excluding hydrogens is 145 g/mol. The van der Waals surface area contributed by atoms with Crippen LogP contribution in [0.4, 0.5) is 4.48 Å². The van der Waals surface area contributed by atoms with Crippen molar-refractivity contribution < 1.29 is 14.3 Å². The molecule has 0 aromatic heterocycles. The largest absolute Gasteiger partial charge is 0.592 e. The van der Waals surface area contributed by atoms with E-state index in [2.05, 4.69) is 0 Å². The monoisotopic (exact) mass is 151 g/mol. The summed E-state index contributed by atoms with van der Waals surface area (Å²) in [6.45, 7) is 1.90. The number of hydrogen-bond acceptors (Lipinski definition) is 4. The molecule has 0 heterocycles. The highest BCUT2D eigenvalue weighted by Gasteiger charge is 2.42. The van der Waals surface area contributed by atoms with E-state index in [0.29, 0.717) is 0 Å². The van der Waals surface area contributed by atoms with Gasteiger partial charge in [0.1, 0.15) is 0 Å². The molecule has 0 radical (unpaired) electrons. The van der Waals surface area contributed by atoms with Crippen LogP contribution in [0, 0.1) is 15.3 Å². The Hall–Kier alpha value is -1.27. The van der Waals surface area contributed by atoms with Crippen LogP contribution in [0.15, 0.2) is 5.34 Å². The van der Waals surface area contributed by atoms with Gasteiger partial charge >= 0.3 is 5.66 Å². The Labute approximate surface area is 55.6 Å². The highest BCUT2D eigenvalue weighted by molar-refractivity contribution is 4.45. The molecule has 0 aliphatic carbocycles. The highest BCUT2D eigenvalue weighted by Crippen LogP contribution is 2.08. The second-order valence-corrected chi connectivity index (χ2v) is 2.10. The van der Waals surface area contributed by atoms with Gasteiger partial charge in [-0.05, 0) is 4.48 Å². The standard InChI is InChI=1S/C3H6FN3O3/c1-3(2,7(9)10)6(8)5-4/h1-2H3/b6-5-. The highest BCUT2D eigenvalue weighted by atomic mass is 19.2. The van der Waals surface area contributed by atoms with E-state index < -0.39 is 15.4 Å². The van der Waals surface area contributed by atoms with Crippen molar-refractivity contribution in [2.24, 2.45) is 5.34 Å². The van der Waals surface area contributed by atoms with Crippen molar-refractivity contribution in [2.45, 2.75) is 19.5 Å². The summed E-state index contributed by atoms with van der Waals surface area (Å²) in [5, 5.41) is 21.8. The summed E-state index contributed by atoms with van der Waals surface area (Å²) < 4.78 is 11.2. The van der Waals surface area contributed by atoms with Gasteiger partial charge in [0.05, 0.1) is 18.8 Å². The maximum Gasteiger partial charge on any atom is 0.435 e. The zero-order valence-corrected chi connectivity index (χ0v) is 5.44. The number of hydrogen-bond donors (Lipinski definition) is 0. The minimum atomic E-state index is -2.03. The van der Waals surface area contributed by atoms with Gasteiger partial charge < -0.3 is 5.21 Å². The Morgan fingerprint density at radius 2 is 1.90 bits per heavy atom. The third kappa shape index (κ3) is 1.36. The zero-order chi connectivity index (χ0) is 8.36. The number of nitrogens with zero attached hydrogens (tertiary/aromatic N) is 3. The predicted molar refractivity (Wildman–Crippen MR) is 28.2 cm³/mol. The van der Waals surface area contributed by atoms with Gasteiger partial charge in [0, 0.05) is 4.86 Å². The number of nitro groups is 1. The molecule has 0 saturated heterocycles. The van der Waals surface area contributed by atoms with Crippen LogP contribution >= 0.6 is 0 Å². The van der Waals surface area contributed by atoms with Gasteiger partial charge in [0.2, 0.25) is 0 Å². The summed E-state index contributed by atoms with van der Waals surface area (Å²) in [6, 6.07) is 0. The molecule has 0 aromatic rings. The Morgan fingerprint density at radius 3 is 2.00 bits per heavy atom. The molecule has 7 heteroatoms. The Bertz CT molecular complexity index is 178. The van der Waals surface area contributed by atoms with Crippen LogP contribution in [-0.2, 0) is 0 Å². The first-order valence-electron chi connectivity index (χ1n) is 2.36. The van der Waals surface area contributed by atoms with E-state index >= 15 is 0 Å². The van der Waals surface area contributed by atoms with Crippen LogP contribution in [0.5, 0.6) is 0 Å². The van der Waals surface area contributed by atoms with Crippen molar-refractivity contribution >= 4 is 0 Å². The lowest BCUT2D eigenvalue weighted by atomic mass is 10.3. The maximum atomic E-state index is 11.2. The summed E-state index contributed by atoms with van der Waals surface area (Å²) >= 11 is 0. The average molecular weight is 151 g/mol. The summed E-state index contributed by atoms with van der Waals surface area (Å²) in [5.74, 6) is 0. The van der Waals surface area contributed by atoms with E-state index in [1.54, 1.807) is 5.34 Å². The summed E-state index contributed by atoms with van der Waals surface area (Å²) in [5.41, 5.74) is -2.03. The zero-order valence-electron chi connectivity index (χ0n) is 5.44. The molecule has 0 rings (SSSR count). The van der Waals surface area contributed by atoms with Crippen molar-refractivity contribution in [2.75, 3.05) is 0 Å². The Balaban J connectivity index is 4.56. The van der Waals surface area contributed by atoms with Crippen LogP contribution in [0.2, 0.25) is 0 Å². The molecule has 0 spiro atoms. The van der Waals surface area contributed by atoms with Crippen molar-refractivity contribution in [1.82, 2.24) is 0 Å². The first-order valence-corrected chi connectivity index (χ1v) is 2.36. The van der Waals surface area contributed by atoms with Crippen LogP contribution in [0.25, 0.3) is 0 Å². The van der Waals surface area contributed by atoms with E-state index in [4.69, 9.17) is 0 Å². The van der Waals surface area contributed by atoms with Gasteiger partial charge in [-0.2, -0.15) is 0 Å². The van der Waals surface area contributed by atoms with Crippen LogP contribution in [0.1, 0.15) is 13.8 Å². The number of rotatable bonds is 2. The summed E-state index contributed by atoms with van der Waals surface area (Å²) in [7, 11) is 0. The summed E-state index contributed by atoms with van der Waals surface area (Å²) in [6.07, 6.45) is 0. The predicted octanol–water partition coefficient (Wildman–Crippen LogP) is 0.846. The fourth-order valence-electron chi connectivity index (χ4n) is 0.162. The van der Waals surface area contributed by atoms with E-state index in [-0.39, 0.29) is 0 Å². The van der Waals surface area contributed by atoms with Gasteiger partial charge in [-0.15, -0.1) is 0 Å². The SMILES string of the molecule is CC(C)([N+](=O)[O-])/[N+]([O-])=N/F. The molecule has 0 amide bonds. The normalized spacial score (nSPS) is 13.3. The quantitative estimate of drug-likeness (QED) is 0.193.